The lowest BCUT2D eigenvalue weighted by atomic mass is 9.80. The van der Waals surface area contributed by atoms with E-state index >= 15 is 0 Å². The Morgan fingerprint density at radius 1 is 1.45 bits per heavy atom. The molecule has 8 heteroatoms. The number of rotatable bonds is 1. The molecule has 112 valence electrons. The molecule has 0 bridgehead atoms. The fourth-order valence-electron chi connectivity index (χ4n) is 3.75. The molecule has 1 aromatic rings. The smallest absolute Gasteiger partial charge is 0.265 e. The molecule has 1 aromatic heterocycles. The second-order valence-corrected chi connectivity index (χ2v) is 6.20. The number of aromatic nitrogens is 2. The lowest BCUT2D eigenvalue weighted by molar-refractivity contribution is -0.419. The van der Waals surface area contributed by atoms with Gasteiger partial charge in [-0.2, -0.15) is 0 Å². The van der Waals surface area contributed by atoms with Crippen LogP contribution >= 0.6 is 11.6 Å². The van der Waals surface area contributed by atoms with Gasteiger partial charge >= 0.3 is 0 Å². The maximum absolute atomic E-state index is 12.6. The van der Waals surface area contributed by atoms with Gasteiger partial charge in [-0.05, 0) is 31.3 Å². The molecule has 1 N–H and O–H groups in total. The van der Waals surface area contributed by atoms with Crippen LogP contribution in [-0.2, 0) is 10.2 Å². The summed E-state index contributed by atoms with van der Waals surface area (Å²) in [5.74, 6) is 0.422. The number of anilines is 1. The first-order valence-electron chi connectivity index (χ1n) is 6.89. The lowest BCUT2D eigenvalue weighted by Gasteiger charge is -2.20. The van der Waals surface area contributed by atoms with E-state index in [1.54, 1.807) is 12.2 Å². The molecule has 2 unspecified atom stereocenters. The van der Waals surface area contributed by atoms with Gasteiger partial charge in [0.15, 0.2) is 0 Å². The number of carbonyl (C=O) groups is 1. The van der Waals surface area contributed by atoms with E-state index in [-0.39, 0.29) is 22.7 Å². The molecule has 2 atom stereocenters. The second-order valence-electron chi connectivity index (χ2n) is 5.84. The van der Waals surface area contributed by atoms with Gasteiger partial charge in [-0.1, -0.05) is 17.2 Å². The molecule has 1 spiro atoms. The van der Waals surface area contributed by atoms with Gasteiger partial charge in [0.05, 0.1) is 10.3 Å². The van der Waals surface area contributed by atoms with Crippen molar-refractivity contribution in [2.24, 2.45) is 5.92 Å². The van der Waals surface area contributed by atoms with Crippen molar-refractivity contribution >= 4 is 23.3 Å². The van der Waals surface area contributed by atoms with Crippen LogP contribution in [0.2, 0.25) is 5.15 Å². The van der Waals surface area contributed by atoms with Crippen LogP contribution in [0, 0.1) is 16.0 Å². The van der Waals surface area contributed by atoms with Gasteiger partial charge < -0.3 is 5.32 Å². The van der Waals surface area contributed by atoms with Crippen LogP contribution in [0.1, 0.15) is 24.8 Å². The highest BCUT2D eigenvalue weighted by atomic mass is 35.5. The summed E-state index contributed by atoms with van der Waals surface area (Å²) in [5, 5.41) is 14.0. The Morgan fingerprint density at radius 2 is 2.27 bits per heavy atom. The Morgan fingerprint density at radius 3 is 3.05 bits per heavy atom. The summed E-state index contributed by atoms with van der Waals surface area (Å²) in [6.45, 7) is 0. The van der Waals surface area contributed by atoms with E-state index in [2.05, 4.69) is 15.3 Å². The van der Waals surface area contributed by atoms with Crippen molar-refractivity contribution in [1.82, 2.24) is 9.97 Å². The summed E-state index contributed by atoms with van der Waals surface area (Å²) in [6, 6.07) is 0. The number of nitrogens with zero attached hydrogens (tertiary/aromatic N) is 3. The molecule has 7 nitrogen and oxygen atoms in total. The third-order valence-electron chi connectivity index (χ3n) is 4.73. The number of hydrogen-bond donors (Lipinski definition) is 1. The van der Waals surface area contributed by atoms with Gasteiger partial charge in [-0.15, -0.1) is 0 Å². The normalized spacial score (nSPS) is 28.8. The Labute approximate surface area is 130 Å². The predicted molar refractivity (Wildman–Crippen MR) is 77.9 cm³/mol. The number of nitrogens with one attached hydrogen (secondary N) is 1. The Hall–Kier alpha value is -2.28. The zero-order valence-electron chi connectivity index (χ0n) is 11.4. The summed E-state index contributed by atoms with van der Waals surface area (Å²) < 4.78 is 0. The first-order chi connectivity index (χ1) is 10.5. The Bertz CT molecular complexity index is 788. The third-order valence-corrected chi connectivity index (χ3v) is 5.01. The fraction of sp³-hybridized carbons (Fsp3) is 0.357. The van der Waals surface area contributed by atoms with Crippen LogP contribution in [0.3, 0.4) is 0 Å². The van der Waals surface area contributed by atoms with Crippen LogP contribution < -0.4 is 5.32 Å². The Balaban J connectivity index is 1.79. The summed E-state index contributed by atoms with van der Waals surface area (Å²) in [4.78, 5) is 31.2. The number of carbonyl (C=O) groups excluding carboxylic acids is 1. The molecular weight excluding hydrogens is 308 g/mol. The van der Waals surface area contributed by atoms with Crippen LogP contribution in [0.15, 0.2) is 29.7 Å². The number of hydrogen-bond acceptors (Lipinski definition) is 5. The van der Waals surface area contributed by atoms with E-state index in [0.717, 1.165) is 5.57 Å². The van der Waals surface area contributed by atoms with Crippen LogP contribution in [0.25, 0.3) is 0 Å². The molecule has 3 aliphatic rings. The van der Waals surface area contributed by atoms with Gasteiger partial charge in [0, 0.05) is 11.6 Å². The first-order valence-corrected chi connectivity index (χ1v) is 7.26. The van der Waals surface area contributed by atoms with Gasteiger partial charge in [0.25, 0.3) is 5.70 Å². The maximum atomic E-state index is 12.6. The summed E-state index contributed by atoms with van der Waals surface area (Å²) in [6.07, 6.45) is 6.09. The lowest BCUT2D eigenvalue weighted by Crippen LogP contribution is -2.32. The molecule has 2 aliphatic carbocycles. The number of amides is 1. The summed E-state index contributed by atoms with van der Waals surface area (Å²) >= 11 is 6.20. The van der Waals surface area contributed by atoms with Crippen molar-refractivity contribution in [1.29, 1.82) is 0 Å². The Kier molecular flexibility index (Phi) is 2.65. The minimum atomic E-state index is -0.802. The maximum Gasteiger partial charge on any atom is 0.265 e. The number of fused-ring (bicyclic) bond motifs is 3. The molecular formula is C14H11ClN4O3. The fourth-order valence-corrected chi connectivity index (χ4v) is 4.06. The molecule has 1 amide bonds. The minimum absolute atomic E-state index is 0.0948. The van der Waals surface area contributed by atoms with E-state index in [1.807, 2.05) is 0 Å². The van der Waals surface area contributed by atoms with Crippen LogP contribution in [0.5, 0.6) is 0 Å². The SMILES string of the molecule is O=C1Nc2ncnc(Cl)c2C12CC1=CC([N+](=O)[O-])=CCC1C2. The number of nitro groups is 1. The van der Waals surface area contributed by atoms with Crippen molar-refractivity contribution in [3.8, 4) is 0 Å². The van der Waals surface area contributed by atoms with Gasteiger partial charge in [-0.3, -0.25) is 14.9 Å². The van der Waals surface area contributed by atoms with Crippen LogP contribution in [-0.4, -0.2) is 20.8 Å². The first kappa shape index (κ1) is 13.4. The zero-order chi connectivity index (χ0) is 15.5. The highest BCUT2D eigenvalue weighted by molar-refractivity contribution is 6.31. The standard InChI is InChI=1S/C14H11ClN4O3/c15-11-10-12(17-6-16-11)18-13(20)14(10)4-7-1-2-9(19(21)22)3-8(7)5-14/h2-3,6-7H,1,4-5H2,(H,16,17,18,20). The minimum Gasteiger partial charge on any atom is -0.309 e. The second kappa shape index (κ2) is 4.36. The summed E-state index contributed by atoms with van der Waals surface area (Å²) in [7, 11) is 0. The highest BCUT2D eigenvalue weighted by Gasteiger charge is 2.55. The monoisotopic (exact) mass is 318 g/mol. The van der Waals surface area contributed by atoms with Crippen molar-refractivity contribution in [3.05, 3.63) is 50.6 Å². The van der Waals surface area contributed by atoms with E-state index in [1.165, 1.54) is 6.33 Å². The van der Waals surface area contributed by atoms with Crippen molar-refractivity contribution in [3.63, 3.8) is 0 Å². The molecule has 1 fully saturated rings. The van der Waals surface area contributed by atoms with E-state index in [0.29, 0.717) is 30.6 Å². The molecule has 1 saturated carbocycles. The highest BCUT2D eigenvalue weighted by Crippen LogP contribution is 2.55. The van der Waals surface area contributed by atoms with Gasteiger partial charge in [0.1, 0.15) is 17.3 Å². The largest absolute Gasteiger partial charge is 0.309 e. The molecule has 0 aromatic carbocycles. The van der Waals surface area contributed by atoms with Gasteiger partial charge in [0.2, 0.25) is 5.91 Å². The van der Waals surface area contributed by atoms with E-state index in [4.69, 9.17) is 11.6 Å². The van der Waals surface area contributed by atoms with Crippen LogP contribution in [0.4, 0.5) is 5.82 Å². The molecule has 4 rings (SSSR count). The quantitative estimate of drug-likeness (QED) is 0.486. The molecule has 0 saturated heterocycles. The number of halogens is 1. The molecule has 22 heavy (non-hydrogen) atoms. The van der Waals surface area contributed by atoms with Crippen molar-refractivity contribution in [2.45, 2.75) is 24.7 Å². The predicted octanol–water partition coefficient (Wildman–Crippen LogP) is 2.22. The topological polar surface area (TPSA) is 98.0 Å². The zero-order valence-corrected chi connectivity index (χ0v) is 12.1. The van der Waals surface area contributed by atoms with E-state index in [9.17, 15) is 14.9 Å². The molecule has 2 heterocycles. The van der Waals surface area contributed by atoms with Gasteiger partial charge in [-0.25, -0.2) is 9.97 Å². The average molecular weight is 319 g/mol. The van der Waals surface area contributed by atoms with Crippen molar-refractivity contribution < 1.29 is 9.72 Å². The van der Waals surface area contributed by atoms with Crippen molar-refractivity contribution in [2.75, 3.05) is 5.32 Å². The summed E-state index contributed by atoms with van der Waals surface area (Å²) in [5.41, 5.74) is 0.846. The average Bonchev–Trinajstić information content (AvgIpc) is 2.98. The molecule has 1 aliphatic heterocycles. The van der Waals surface area contributed by atoms with E-state index < -0.39 is 10.3 Å². The molecule has 0 radical (unpaired) electrons. The third kappa shape index (κ3) is 1.65. The number of allylic oxidation sites excluding steroid dienone is 3.